The van der Waals surface area contributed by atoms with E-state index >= 15 is 0 Å². The van der Waals surface area contributed by atoms with E-state index in [1.54, 1.807) is 0 Å². The summed E-state index contributed by atoms with van der Waals surface area (Å²) in [5.74, 6) is 1.53. The lowest BCUT2D eigenvalue weighted by molar-refractivity contribution is 0.904. The summed E-state index contributed by atoms with van der Waals surface area (Å²) >= 11 is 0. The second kappa shape index (κ2) is 4.07. The monoisotopic (exact) mass is 180 g/mol. The van der Waals surface area contributed by atoms with E-state index < -0.39 is 0 Å². The number of nitrogens with two attached hydrogens (primary N) is 1. The molecule has 0 radical (unpaired) electrons. The highest BCUT2D eigenvalue weighted by Crippen LogP contribution is 2.20. The molecular weight excluding hydrogens is 164 g/mol. The van der Waals surface area contributed by atoms with Crippen LogP contribution < -0.4 is 10.6 Å². The molecular formula is C9H16N4. The Morgan fingerprint density at radius 1 is 1.38 bits per heavy atom. The third kappa shape index (κ3) is 1.88. The van der Waals surface area contributed by atoms with Crippen LogP contribution in [0, 0.1) is 0 Å². The molecule has 1 aromatic heterocycles. The first kappa shape index (κ1) is 9.77. The largest absolute Gasteiger partial charge is 0.383 e. The highest BCUT2D eigenvalue weighted by Gasteiger charge is 2.09. The minimum atomic E-state index is 0.591. The zero-order chi connectivity index (χ0) is 9.84. The van der Waals surface area contributed by atoms with Gasteiger partial charge in [-0.15, -0.1) is 0 Å². The summed E-state index contributed by atoms with van der Waals surface area (Å²) in [6.07, 6.45) is 2.38. The van der Waals surface area contributed by atoms with Crippen LogP contribution >= 0.6 is 0 Å². The first-order valence-corrected chi connectivity index (χ1v) is 4.51. The number of nitrogens with zero attached hydrogens (tertiary/aromatic N) is 3. The van der Waals surface area contributed by atoms with Crippen molar-refractivity contribution >= 4 is 11.6 Å². The Labute approximate surface area is 78.8 Å². The van der Waals surface area contributed by atoms with Crippen LogP contribution in [0.15, 0.2) is 6.33 Å². The minimum Gasteiger partial charge on any atom is -0.383 e. The van der Waals surface area contributed by atoms with Gasteiger partial charge in [-0.25, -0.2) is 9.97 Å². The van der Waals surface area contributed by atoms with Crippen LogP contribution in [-0.4, -0.2) is 23.6 Å². The van der Waals surface area contributed by atoms with Crippen LogP contribution in [0.4, 0.5) is 11.6 Å². The van der Waals surface area contributed by atoms with Gasteiger partial charge in [0.05, 0.1) is 0 Å². The zero-order valence-electron chi connectivity index (χ0n) is 8.41. The smallest absolute Gasteiger partial charge is 0.137 e. The molecule has 0 saturated carbocycles. The Morgan fingerprint density at radius 2 is 2.08 bits per heavy atom. The minimum absolute atomic E-state index is 0.591. The normalized spacial score (nSPS) is 10.1. The van der Waals surface area contributed by atoms with Crippen molar-refractivity contribution in [3.8, 4) is 0 Å². The van der Waals surface area contributed by atoms with Crippen LogP contribution in [0.1, 0.15) is 19.4 Å². The number of hydrogen-bond donors (Lipinski definition) is 1. The average Bonchev–Trinajstić information content (AvgIpc) is 2.16. The van der Waals surface area contributed by atoms with Crippen molar-refractivity contribution in [2.75, 3.05) is 24.2 Å². The molecule has 0 amide bonds. The van der Waals surface area contributed by atoms with Gasteiger partial charge in [0.1, 0.15) is 18.0 Å². The second-order valence-electron chi connectivity index (χ2n) is 2.93. The lowest BCUT2D eigenvalue weighted by Crippen LogP contribution is -2.20. The molecule has 0 fully saturated rings. The van der Waals surface area contributed by atoms with E-state index in [1.165, 1.54) is 6.33 Å². The van der Waals surface area contributed by atoms with E-state index in [4.69, 9.17) is 5.73 Å². The van der Waals surface area contributed by atoms with E-state index in [2.05, 4.69) is 28.7 Å². The van der Waals surface area contributed by atoms with Crippen molar-refractivity contribution in [3.05, 3.63) is 11.9 Å². The van der Waals surface area contributed by atoms with Crippen molar-refractivity contribution in [3.63, 3.8) is 0 Å². The molecule has 0 aliphatic carbocycles. The van der Waals surface area contributed by atoms with Crippen LogP contribution in [0.3, 0.4) is 0 Å². The standard InChI is InChI=1S/C9H16N4/c1-4-7-8(10)11-6-12-9(7)13(3)5-2/h6H,4-5H2,1-3H3,(H2,10,11,12). The molecule has 0 unspecified atom stereocenters. The third-order valence-corrected chi connectivity index (χ3v) is 2.15. The summed E-state index contributed by atoms with van der Waals surface area (Å²) in [5, 5.41) is 0. The molecule has 0 saturated heterocycles. The molecule has 4 heteroatoms. The van der Waals surface area contributed by atoms with Gasteiger partial charge in [-0.2, -0.15) is 0 Å². The number of aromatic nitrogens is 2. The van der Waals surface area contributed by atoms with Crippen molar-refractivity contribution < 1.29 is 0 Å². The molecule has 1 rings (SSSR count). The second-order valence-corrected chi connectivity index (χ2v) is 2.93. The van der Waals surface area contributed by atoms with E-state index in [9.17, 15) is 0 Å². The topological polar surface area (TPSA) is 55.0 Å². The van der Waals surface area contributed by atoms with Crippen LogP contribution in [0.5, 0.6) is 0 Å². The van der Waals surface area contributed by atoms with Gasteiger partial charge < -0.3 is 10.6 Å². The Kier molecular flexibility index (Phi) is 3.06. The van der Waals surface area contributed by atoms with Gasteiger partial charge in [0, 0.05) is 19.2 Å². The molecule has 0 aliphatic rings. The highest BCUT2D eigenvalue weighted by molar-refractivity contribution is 5.55. The molecule has 0 bridgehead atoms. The van der Waals surface area contributed by atoms with Gasteiger partial charge in [-0.3, -0.25) is 0 Å². The fourth-order valence-electron chi connectivity index (χ4n) is 1.23. The van der Waals surface area contributed by atoms with E-state index in [0.717, 1.165) is 24.3 Å². The Hall–Kier alpha value is -1.32. The number of anilines is 2. The maximum Gasteiger partial charge on any atom is 0.137 e. The van der Waals surface area contributed by atoms with Gasteiger partial charge in [0.25, 0.3) is 0 Å². The summed E-state index contributed by atoms with van der Waals surface area (Å²) in [6, 6.07) is 0. The van der Waals surface area contributed by atoms with E-state index in [0.29, 0.717) is 5.82 Å². The lowest BCUT2D eigenvalue weighted by Gasteiger charge is -2.18. The predicted octanol–water partition coefficient (Wildman–Crippen LogP) is 1.08. The van der Waals surface area contributed by atoms with Gasteiger partial charge >= 0.3 is 0 Å². The first-order chi connectivity index (χ1) is 6.20. The van der Waals surface area contributed by atoms with Crippen molar-refractivity contribution in [2.24, 2.45) is 0 Å². The molecule has 13 heavy (non-hydrogen) atoms. The van der Waals surface area contributed by atoms with Crippen LogP contribution in [0.2, 0.25) is 0 Å². The Bertz CT molecular complexity index is 285. The quantitative estimate of drug-likeness (QED) is 0.756. The Balaban J connectivity index is 3.12. The van der Waals surface area contributed by atoms with E-state index in [1.807, 2.05) is 7.05 Å². The predicted molar refractivity (Wildman–Crippen MR) is 54.8 cm³/mol. The van der Waals surface area contributed by atoms with Crippen LogP contribution in [-0.2, 0) is 6.42 Å². The summed E-state index contributed by atoms with van der Waals surface area (Å²) in [5.41, 5.74) is 6.78. The highest BCUT2D eigenvalue weighted by atomic mass is 15.2. The third-order valence-electron chi connectivity index (χ3n) is 2.15. The molecule has 0 spiro atoms. The molecule has 2 N–H and O–H groups in total. The van der Waals surface area contributed by atoms with Crippen molar-refractivity contribution in [1.82, 2.24) is 9.97 Å². The zero-order valence-corrected chi connectivity index (χ0v) is 8.41. The lowest BCUT2D eigenvalue weighted by atomic mass is 10.2. The molecule has 4 nitrogen and oxygen atoms in total. The number of hydrogen-bond acceptors (Lipinski definition) is 4. The van der Waals surface area contributed by atoms with Gasteiger partial charge in [0.2, 0.25) is 0 Å². The van der Waals surface area contributed by atoms with Gasteiger partial charge in [0.15, 0.2) is 0 Å². The molecule has 0 aliphatic heterocycles. The molecule has 0 atom stereocenters. The van der Waals surface area contributed by atoms with Gasteiger partial charge in [-0.05, 0) is 13.3 Å². The molecule has 1 aromatic rings. The SMILES string of the molecule is CCc1c(N)ncnc1N(C)CC. The summed E-state index contributed by atoms with van der Waals surface area (Å²) < 4.78 is 0. The van der Waals surface area contributed by atoms with Crippen molar-refractivity contribution in [1.29, 1.82) is 0 Å². The van der Waals surface area contributed by atoms with Gasteiger partial charge in [-0.1, -0.05) is 6.92 Å². The average molecular weight is 180 g/mol. The molecule has 0 aromatic carbocycles. The number of nitrogen functional groups attached to an aromatic ring is 1. The molecule has 1 heterocycles. The van der Waals surface area contributed by atoms with Crippen LogP contribution in [0.25, 0.3) is 0 Å². The summed E-state index contributed by atoms with van der Waals surface area (Å²) in [6.45, 7) is 5.06. The fraction of sp³-hybridized carbons (Fsp3) is 0.556. The summed E-state index contributed by atoms with van der Waals surface area (Å²) in [4.78, 5) is 10.2. The fourth-order valence-corrected chi connectivity index (χ4v) is 1.23. The first-order valence-electron chi connectivity index (χ1n) is 4.51. The summed E-state index contributed by atoms with van der Waals surface area (Å²) in [7, 11) is 2.00. The maximum absolute atomic E-state index is 5.75. The Morgan fingerprint density at radius 3 is 2.62 bits per heavy atom. The number of rotatable bonds is 3. The maximum atomic E-state index is 5.75. The van der Waals surface area contributed by atoms with E-state index in [-0.39, 0.29) is 0 Å². The van der Waals surface area contributed by atoms with Crippen molar-refractivity contribution in [2.45, 2.75) is 20.3 Å². The molecule has 72 valence electrons.